The summed E-state index contributed by atoms with van der Waals surface area (Å²) >= 11 is 1.41. The molecule has 1 aliphatic rings. The highest BCUT2D eigenvalue weighted by molar-refractivity contribution is 7.89. The van der Waals surface area contributed by atoms with Gasteiger partial charge in [0, 0.05) is 28.6 Å². The lowest BCUT2D eigenvalue weighted by Crippen LogP contribution is -2.40. The number of carboxylic acids is 1. The van der Waals surface area contributed by atoms with Crippen molar-refractivity contribution in [1.82, 2.24) is 4.31 Å². The highest BCUT2D eigenvalue weighted by Gasteiger charge is 2.33. The number of benzene rings is 1. The van der Waals surface area contributed by atoms with Crippen molar-refractivity contribution in [2.75, 3.05) is 13.1 Å². The highest BCUT2D eigenvalue weighted by atomic mass is 32.2. The van der Waals surface area contributed by atoms with Crippen LogP contribution in [-0.2, 0) is 14.8 Å². The van der Waals surface area contributed by atoms with E-state index in [2.05, 4.69) is 0 Å². The third-order valence-corrected chi connectivity index (χ3v) is 6.92. The Labute approximate surface area is 126 Å². The van der Waals surface area contributed by atoms with Crippen LogP contribution in [0.5, 0.6) is 0 Å². The number of rotatable bonds is 3. The molecule has 1 saturated heterocycles. The fourth-order valence-electron chi connectivity index (χ4n) is 2.64. The van der Waals surface area contributed by atoms with Crippen LogP contribution in [0.25, 0.3) is 10.1 Å². The van der Waals surface area contributed by atoms with Crippen LogP contribution < -0.4 is 0 Å². The number of aliphatic carboxylic acids is 1. The molecule has 112 valence electrons. The maximum absolute atomic E-state index is 12.7. The summed E-state index contributed by atoms with van der Waals surface area (Å²) in [7, 11) is -3.54. The number of sulfonamides is 1. The largest absolute Gasteiger partial charge is 0.481 e. The van der Waals surface area contributed by atoms with Crippen LogP contribution in [-0.4, -0.2) is 36.9 Å². The predicted octanol–water partition coefficient (Wildman–Crippen LogP) is 2.39. The van der Waals surface area contributed by atoms with Gasteiger partial charge in [-0.25, -0.2) is 8.42 Å². The Kier molecular flexibility index (Phi) is 3.73. The van der Waals surface area contributed by atoms with Gasteiger partial charge in [-0.05, 0) is 18.9 Å². The van der Waals surface area contributed by atoms with E-state index in [9.17, 15) is 13.2 Å². The Morgan fingerprint density at radius 3 is 2.57 bits per heavy atom. The van der Waals surface area contributed by atoms with Gasteiger partial charge in [0.2, 0.25) is 10.0 Å². The zero-order chi connectivity index (χ0) is 15.0. The van der Waals surface area contributed by atoms with Gasteiger partial charge in [-0.3, -0.25) is 4.79 Å². The van der Waals surface area contributed by atoms with Crippen molar-refractivity contribution in [2.24, 2.45) is 5.92 Å². The van der Waals surface area contributed by atoms with E-state index in [0.29, 0.717) is 17.7 Å². The molecule has 21 heavy (non-hydrogen) atoms. The van der Waals surface area contributed by atoms with Crippen molar-refractivity contribution >= 4 is 37.4 Å². The molecule has 5 nitrogen and oxygen atoms in total. The van der Waals surface area contributed by atoms with Crippen LogP contribution in [0.4, 0.5) is 0 Å². The molecule has 1 aromatic heterocycles. The lowest BCUT2D eigenvalue weighted by atomic mass is 9.99. The van der Waals surface area contributed by atoms with E-state index >= 15 is 0 Å². The van der Waals surface area contributed by atoms with Gasteiger partial charge >= 0.3 is 5.97 Å². The van der Waals surface area contributed by atoms with E-state index in [-0.39, 0.29) is 13.1 Å². The van der Waals surface area contributed by atoms with Crippen molar-refractivity contribution < 1.29 is 18.3 Å². The van der Waals surface area contributed by atoms with Gasteiger partial charge in [-0.15, -0.1) is 11.3 Å². The van der Waals surface area contributed by atoms with Crippen molar-refractivity contribution in [2.45, 2.75) is 17.7 Å². The fraction of sp³-hybridized carbons (Fsp3) is 0.357. The summed E-state index contributed by atoms with van der Waals surface area (Å²) in [6.45, 7) is 0.535. The summed E-state index contributed by atoms with van der Waals surface area (Å²) in [6, 6.07) is 7.41. The molecule has 7 heteroatoms. The molecular formula is C14H15NO4S2. The second kappa shape index (κ2) is 5.40. The monoisotopic (exact) mass is 325 g/mol. The predicted molar refractivity (Wildman–Crippen MR) is 80.9 cm³/mol. The molecule has 3 rings (SSSR count). The molecular weight excluding hydrogens is 310 g/mol. The minimum atomic E-state index is -3.54. The topological polar surface area (TPSA) is 74.7 Å². The fourth-order valence-corrected chi connectivity index (χ4v) is 5.58. The lowest BCUT2D eigenvalue weighted by Gasteiger charge is -2.29. The number of carbonyl (C=O) groups is 1. The zero-order valence-electron chi connectivity index (χ0n) is 11.2. The summed E-state index contributed by atoms with van der Waals surface area (Å²) in [4.78, 5) is 11.3. The maximum atomic E-state index is 12.7. The van der Waals surface area contributed by atoms with Gasteiger partial charge in [-0.1, -0.05) is 18.2 Å². The summed E-state index contributed by atoms with van der Waals surface area (Å²) in [5, 5.41) is 11.4. The van der Waals surface area contributed by atoms with Crippen molar-refractivity contribution in [3.63, 3.8) is 0 Å². The summed E-state index contributed by atoms with van der Waals surface area (Å²) in [5.74, 6) is -1.27. The first-order valence-corrected chi connectivity index (χ1v) is 9.01. The molecule has 0 spiro atoms. The van der Waals surface area contributed by atoms with Crippen LogP contribution in [0.2, 0.25) is 0 Å². The number of nitrogens with zero attached hydrogens (tertiary/aromatic N) is 1. The molecule has 1 aromatic carbocycles. The quantitative estimate of drug-likeness (QED) is 0.940. The molecule has 0 amide bonds. The van der Waals surface area contributed by atoms with E-state index in [1.54, 1.807) is 5.38 Å². The standard InChI is InChI=1S/C14H15NO4S2/c16-14(17)10-5-7-15(8-6-10)21(18,19)13-9-20-12-4-2-1-3-11(12)13/h1-4,9-10H,5-8H2,(H,16,17). The minimum Gasteiger partial charge on any atom is -0.481 e. The molecule has 0 radical (unpaired) electrons. The minimum absolute atomic E-state index is 0.267. The molecule has 0 aliphatic carbocycles. The van der Waals surface area contributed by atoms with Gasteiger partial charge in [0.1, 0.15) is 4.90 Å². The second-order valence-electron chi connectivity index (χ2n) is 5.11. The van der Waals surface area contributed by atoms with Crippen LogP contribution >= 0.6 is 11.3 Å². The number of piperidine rings is 1. The van der Waals surface area contributed by atoms with Crippen LogP contribution in [0, 0.1) is 5.92 Å². The molecule has 0 bridgehead atoms. The van der Waals surface area contributed by atoms with Gasteiger partial charge in [0.25, 0.3) is 0 Å². The molecule has 2 heterocycles. The first-order chi connectivity index (χ1) is 10.00. The number of carboxylic acid groups (broad SMARTS) is 1. The molecule has 0 atom stereocenters. The Morgan fingerprint density at radius 2 is 1.90 bits per heavy atom. The SMILES string of the molecule is O=C(O)C1CCN(S(=O)(=O)c2csc3ccccc23)CC1. The summed E-state index contributed by atoms with van der Waals surface area (Å²) in [6.07, 6.45) is 0.743. The van der Waals surface area contributed by atoms with Gasteiger partial charge in [0.05, 0.1) is 5.92 Å². The normalized spacial score (nSPS) is 18.1. The third-order valence-electron chi connectivity index (χ3n) is 3.87. The van der Waals surface area contributed by atoms with Crippen molar-refractivity contribution in [3.8, 4) is 0 Å². The first kappa shape index (κ1) is 14.5. The highest BCUT2D eigenvalue weighted by Crippen LogP contribution is 2.32. The van der Waals surface area contributed by atoms with Gasteiger partial charge in [-0.2, -0.15) is 4.31 Å². The Balaban J connectivity index is 1.90. The van der Waals surface area contributed by atoms with Crippen molar-refractivity contribution in [3.05, 3.63) is 29.6 Å². The van der Waals surface area contributed by atoms with Crippen LogP contribution in [0.3, 0.4) is 0 Å². The van der Waals surface area contributed by atoms with Gasteiger partial charge < -0.3 is 5.11 Å². The summed E-state index contributed by atoms with van der Waals surface area (Å²) < 4.78 is 27.8. The number of fused-ring (bicyclic) bond motifs is 1. The van der Waals surface area contributed by atoms with E-state index < -0.39 is 21.9 Å². The second-order valence-corrected chi connectivity index (χ2v) is 7.93. The lowest BCUT2D eigenvalue weighted by molar-refractivity contribution is -0.142. The third kappa shape index (κ3) is 2.56. The molecule has 2 aromatic rings. The average Bonchev–Trinajstić information content (AvgIpc) is 2.92. The molecule has 1 N–H and O–H groups in total. The number of thiophene rings is 1. The van der Waals surface area contributed by atoms with Crippen LogP contribution in [0.1, 0.15) is 12.8 Å². The van der Waals surface area contributed by atoms with E-state index in [0.717, 1.165) is 10.1 Å². The van der Waals surface area contributed by atoms with Crippen molar-refractivity contribution in [1.29, 1.82) is 0 Å². The van der Waals surface area contributed by atoms with E-state index in [1.807, 2.05) is 24.3 Å². The summed E-state index contributed by atoms with van der Waals surface area (Å²) in [5.41, 5.74) is 0. The average molecular weight is 325 g/mol. The Morgan fingerprint density at radius 1 is 1.24 bits per heavy atom. The maximum Gasteiger partial charge on any atom is 0.306 e. The molecule has 1 aliphatic heterocycles. The number of hydrogen-bond donors (Lipinski definition) is 1. The molecule has 0 unspecified atom stereocenters. The zero-order valence-corrected chi connectivity index (χ0v) is 12.9. The Hall–Kier alpha value is -1.44. The first-order valence-electron chi connectivity index (χ1n) is 6.69. The molecule has 0 saturated carbocycles. The molecule has 1 fully saturated rings. The van der Waals surface area contributed by atoms with E-state index in [1.165, 1.54) is 15.6 Å². The van der Waals surface area contributed by atoms with Gasteiger partial charge in [0.15, 0.2) is 0 Å². The smallest absolute Gasteiger partial charge is 0.306 e. The van der Waals surface area contributed by atoms with Crippen LogP contribution in [0.15, 0.2) is 34.5 Å². The number of hydrogen-bond acceptors (Lipinski definition) is 4. The Bertz CT molecular complexity index is 773. The van der Waals surface area contributed by atoms with E-state index in [4.69, 9.17) is 5.11 Å².